The Labute approximate surface area is 207 Å². The van der Waals surface area contributed by atoms with Crippen molar-refractivity contribution in [1.29, 1.82) is 0 Å². The van der Waals surface area contributed by atoms with Crippen LogP contribution >= 0.6 is 11.6 Å². The Hall–Kier alpha value is -4.10. The van der Waals surface area contributed by atoms with Crippen molar-refractivity contribution in [3.63, 3.8) is 0 Å². The zero-order chi connectivity index (χ0) is 24.8. The van der Waals surface area contributed by atoms with Gasteiger partial charge in [0.2, 0.25) is 0 Å². The summed E-state index contributed by atoms with van der Waals surface area (Å²) in [6, 6.07) is 20.0. The second kappa shape index (κ2) is 10.9. The van der Waals surface area contributed by atoms with Gasteiger partial charge in [-0.3, -0.25) is 14.9 Å². The molecular weight excluding hydrogens is 468 g/mol. The van der Waals surface area contributed by atoms with Gasteiger partial charge in [0.25, 0.3) is 11.8 Å². The number of anilines is 1. The summed E-state index contributed by atoms with van der Waals surface area (Å²) < 4.78 is 11.3. The summed E-state index contributed by atoms with van der Waals surface area (Å²) in [7, 11) is 0. The molecular formula is C27H23ClN2O5. The number of rotatable bonds is 8. The van der Waals surface area contributed by atoms with E-state index in [1.54, 1.807) is 60.7 Å². The summed E-state index contributed by atoms with van der Waals surface area (Å²) in [6.07, 6.45) is 2.34. The van der Waals surface area contributed by atoms with Gasteiger partial charge in [-0.15, -0.1) is 0 Å². The van der Waals surface area contributed by atoms with Crippen LogP contribution in [0.15, 0.2) is 78.4 Å². The molecule has 1 N–H and O–H groups in total. The van der Waals surface area contributed by atoms with Crippen LogP contribution < -0.4 is 19.7 Å². The number of halogens is 1. The Morgan fingerprint density at radius 3 is 2.14 bits per heavy atom. The van der Waals surface area contributed by atoms with E-state index < -0.39 is 17.8 Å². The summed E-state index contributed by atoms with van der Waals surface area (Å²) in [6.45, 7) is 2.95. The van der Waals surface area contributed by atoms with E-state index in [0.717, 1.165) is 16.9 Å². The first-order valence-corrected chi connectivity index (χ1v) is 11.4. The zero-order valence-electron chi connectivity index (χ0n) is 19.0. The number of ether oxygens (including phenoxy) is 2. The van der Waals surface area contributed by atoms with Gasteiger partial charge in [-0.2, -0.15) is 0 Å². The second-order valence-corrected chi connectivity index (χ2v) is 8.22. The molecule has 3 aromatic rings. The number of hydrogen-bond acceptors (Lipinski definition) is 5. The van der Waals surface area contributed by atoms with Crippen LogP contribution in [-0.4, -0.2) is 24.5 Å². The lowest BCUT2D eigenvalue weighted by Gasteiger charge is -2.26. The molecule has 3 aromatic carbocycles. The lowest BCUT2D eigenvalue weighted by atomic mass is 10.1. The van der Waals surface area contributed by atoms with Crippen LogP contribution in [0.5, 0.6) is 11.5 Å². The molecule has 35 heavy (non-hydrogen) atoms. The van der Waals surface area contributed by atoms with Crippen molar-refractivity contribution in [2.24, 2.45) is 0 Å². The maximum absolute atomic E-state index is 13.1. The molecule has 7 nitrogen and oxygen atoms in total. The molecule has 1 saturated heterocycles. The molecule has 0 radical (unpaired) electrons. The van der Waals surface area contributed by atoms with E-state index in [0.29, 0.717) is 41.0 Å². The molecule has 0 aromatic heterocycles. The highest BCUT2D eigenvalue weighted by molar-refractivity contribution is 6.39. The van der Waals surface area contributed by atoms with Crippen LogP contribution in [0.2, 0.25) is 5.02 Å². The first kappa shape index (κ1) is 24.0. The summed E-state index contributed by atoms with van der Waals surface area (Å²) in [5.41, 5.74) is 1.75. The van der Waals surface area contributed by atoms with E-state index in [1.807, 2.05) is 19.1 Å². The molecule has 0 spiro atoms. The Balaban J connectivity index is 1.48. The van der Waals surface area contributed by atoms with Gasteiger partial charge in [-0.1, -0.05) is 42.8 Å². The third-order valence-corrected chi connectivity index (χ3v) is 5.43. The van der Waals surface area contributed by atoms with Crippen LogP contribution in [0.25, 0.3) is 6.08 Å². The number of carbonyl (C=O) groups is 3. The molecule has 4 rings (SSSR count). The van der Waals surface area contributed by atoms with Crippen LogP contribution in [0, 0.1) is 0 Å². The lowest BCUT2D eigenvalue weighted by Crippen LogP contribution is -2.54. The molecule has 1 fully saturated rings. The predicted octanol–water partition coefficient (Wildman–Crippen LogP) is 5.37. The van der Waals surface area contributed by atoms with Gasteiger partial charge in [0.05, 0.1) is 12.3 Å². The minimum Gasteiger partial charge on any atom is -0.494 e. The van der Waals surface area contributed by atoms with Crippen molar-refractivity contribution >= 4 is 41.2 Å². The number of benzene rings is 3. The monoisotopic (exact) mass is 490 g/mol. The Bertz CT molecular complexity index is 1250. The van der Waals surface area contributed by atoms with Crippen molar-refractivity contribution in [2.45, 2.75) is 20.0 Å². The molecule has 0 aliphatic carbocycles. The van der Waals surface area contributed by atoms with Gasteiger partial charge in [0, 0.05) is 5.02 Å². The van der Waals surface area contributed by atoms with Crippen molar-refractivity contribution in [2.75, 3.05) is 11.5 Å². The summed E-state index contributed by atoms with van der Waals surface area (Å²) in [4.78, 5) is 38.9. The lowest BCUT2D eigenvalue weighted by molar-refractivity contribution is -0.122. The smallest absolute Gasteiger partial charge is 0.335 e. The van der Waals surface area contributed by atoms with E-state index in [9.17, 15) is 14.4 Å². The fourth-order valence-corrected chi connectivity index (χ4v) is 3.50. The number of carbonyl (C=O) groups excluding carboxylic acids is 3. The van der Waals surface area contributed by atoms with Gasteiger partial charge in [-0.25, -0.2) is 9.69 Å². The molecule has 8 heteroatoms. The summed E-state index contributed by atoms with van der Waals surface area (Å²) in [5.74, 6) is -0.195. The molecule has 0 bridgehead atoms. The van der Waals surface area contributed by atoms with E-state index >= 15 is 0 Å². The molecule has 4 amide bonds. The third-order valence-electron chi connectivity index (χ3n) is 5.18. The third kappa shape index (κ3) is 5.88. The molecule has 1 aliphatic heterocycles. The standard InChI is InChI=1S/C27H23ClN2O5/c1-2-15-34-22-11-5-18(6-12-22)16-24-25(31)29-27(33)30(26(24)32)21-9-13-23(14-10-21)35-17-19-3-7-20(28)8-4-19/h3-14,16H,2,15,17H2,1H3,(H,29,31,33)/b24-16+. The quantitative estimate of drug-likeness (QED) is 0.339. The van der Waals surface area contributed by atoms with Crippen molar-refractivity contribution in [3.05, 3.63) is 94.5 Å². The average Bonchev–Trinajstić information content (AvgIpc) is 2.86. The Morgan fingerprint density at radius 1 is 0.857 bits per heavy atom. The molecule has 1 heterocycles. The SMILES string of the molecule is CCCOc1ccc(/C=C2\C(=O)NC(=O)N(c3ccc(OCc4ccc(Cl)cc4)cc3)C2=O)cc1. The molecule has 0 atom stereocenters. The molecule has 1 aliphatic rings. The topological polar surface area (TPSA) is 84.9 Å². The molecule has 0 unspecified atom stereocenters. The van der Waals surface area contributed by atoms with Gasteiger partial charge >= 0.3 is 6.03 Å². The van der Waals surface area contributed by atoms with Crippen molar-refractivity contribution < 1.29 is 23.9 Å². The summed E-state index contributed by atoms with van der Waals surface area (Å²) in [5, 5.41) is 2.87. The highest BCUT2D eigenvalue weighted by atomic mass is 35.5. The fraction of sp³-hybridized carbons (Fsp3) is 0.148. The predicted molar refractivity (Wildman–Crippen MR) is 133 cm³/mol. The van der Waals surface area contributed by atoms with Crippen molar-refractivity contribution in [3.8, 4) is 11.5 Å². The number of imide groups is 2. The first-order chi connectivity index (χ1) is 16.9. The minimum absolute atomic E-state index is 0.144. The zero-order valence-corrected chi connectivity index (χ0v) is 19.7. The number of barbiturate groups is 1. The van der Waals surface area contributed by atoms with E-state index in [4.69, 9.17) is 21.1 Å². The maximum atomic E-state index is 13.1. The number of urea groups is 1. The van der Waals surface area contributed by atoms with Gasteiger partial charge in [0.15, 0.2) is 0 Å². The average molecular weight is 491 g/mol. The fourth-order valence-electron chi connectivity index (χ4n) is 3.38. The van der Waals surface area contributed by atoms with Crippen molar-refractivity contribution in [1.82, 2.24) is 5.32 Å². The second-order valence-electron chi connectivity index (χ2n) is 7.78. The minimum atomic E-state index is -0.810. The van der Waals surface area contributed by atoms with Crippen LogP contribution in [0.4, 0.5) is 10.5 Å². The van der Waals surface area contributed by atoms with Crippen LogP contribution in [0.1, 0.15) is 24.5 Å². The number of nitrogens with zero attached hydrogens (tertiary/aromatic N) is 1. The molecule has 178 valence electrons. The highest BCUT2D eigenvalue weighted by Gasteiger charge is 2.36. The maximum Gasteiger partial charge on any atom is 0.335 e. The summed E-state index contributed by atoms with van der Waals surface area (Å²) >= 11 is 5.90. The van der Waals surface area contributed by atoms with Gasteiger partial charge < -0.3 is 9.47 Å². The Kier molecular flexibility index (Phi) is 7.48. The van der Waals surface area contributed by atoms with E-state index in [-0.39, 0.29) is 5.57 Å². The van der Waals surface area contributed by atoms with E-state index in [2.05, 4.69) is 5.32 Å². The number of nitrogens with one attached hydrogen (secondary N) is 1. The van der Waals surface area contributed by atoms with Gasteiger partial charge in [0.1, 0.15) is 23.7 Å². The Morgan fingerprint density at radius 2 is 1.49 bits per heavy atom. The number of amides is 4. The van der Waals surface area contributed by atoms with Crippen LogP contribution in [-0.2, 0) is 16.2 Å². The largest absolute Gasteiger partial charge is 0.494 e. The first-order valence-electron chi connectivity index (χ1n) is 11.1. The van der Waals surface area contributed by atoms with Crippen LogP contribution in [0.3, 0.4) is 0 Å². The molecule has 0 saturated carbocycles. The number of hydrogen-bond donors (Lipinski definition) is 1. The van der Waals surface area contributed by atoms with Gasteiger partial charge in [-0.05, 0) is 72.2 Å². The van der Waals surface area contributed by atoms with E-state index in [1.165, 1.54) is 6.08 Å². The normalized spacial score (nSPS) is 14.7. The highest BCUT2D eigenvalue weighted by Crippen LogP contribution is 2.25.